The molecule has 0 unspecified atom stereocenters. The zero-order valence-corrected chi connectivity index (χ0v) is 70.1. The molecule has 0 spiro atoms. The molecule has 16 aliphatic rings. The van der Waals surface area contributed by atoms with Crippen molar-refractivity contribution in [2.75, 3.05) is 54.6 Å². The SMILES string of the molecule is COC(=O)N1CC[C@]2(N=Nc3cccc4c3C[C@H]3N(C(=O)OC)CC[C@@]43N=N[C@]34CCC[C@H]3Cc3c(N=N[C@]56CCC[C@H]5Cc5ccccc56)cccc34)c3ccccc3C[C@H]12.COC(=O)N1CC[C@]2(N=Nc3cccc4c3C[C@H]3N(C(=O)OC)CC[C@@]43[C@]34CCC[C@H]3Cc3c(N=N[C@]56CCC[C@H]5Cc5ccccc56)cccc34)c3ccccc3C[C@H]12. The normalized spacial score (nSPS) is 33.5. The Morgan fingerprint density at radius 3 is 1.03 bits per heavy atom. The molecule has 4 saturated heterocycles. The number of methoxy groups -OCH3 is 4. The Kier molecular flexibility index (Phi) is 17.5. The molecule has 4 amide bonds. The zero-order chi connectivity index (χ0) is 82.3. The lowest BCUT2D eigenvalue weighted by Crippen LogP contribution is -2.55. The Labute approximate surface area is 711 Å². The fourth-order valence-corrected chi connectivity index (χ4v) is 28.9. The van der Waals surface area contributed by atoms with Crippen LogP contribution < -0.4 is 0 Å². The van der Waals surface area contributed by atoms with Crippen molar-refractivity contribution in [1.29, 1.82) is 0 Å². The highest BCUT2D eigenvalue weighted by Crippen LogP contribution is 2.71. The Hall–Kier alpha value is -11.2. The molecule has 24 rings (SSSR count). The minimum absolute atomic E-state index is 0.0827. The number of nitrogens with zero attached hydrogens (tertiary/aromatic N) is 14. The van der Waals surface area contributed by atoms with Crippen molar-refractivity contribution >= 4 is 47.1 Å². The number of hydrogen-bond donors (Lipinski definition) is 0. The Balaban J connectivity index is 0.000000142. The molecule has 16 atom stereocenters. The number of carbonyl (C=O) groups is 4. The average molecular weight is 1630 g/mol. The molecule has 4 heterocycles. The second kappa shape index (κ2) is 28.2. The summed E-state index contributed by atoms with van der Waals surface area (Å²) in [4.78, 5) is 60.7. The predicted octanol–water partition coefficient (Wildman–Crippen LogP) is 21.0. The molecule has 0 radical (unpaired) electrons. The number of amides is 4. The van der Waals surface area contributed by atoms with Crippen LogP contribution in [0.5, 0.6) is 0 Å². The summed E-state index contributed by atoms with van der Waals surface area (Å²) >= 11 is 0. The third-order valence-corrected chi connectivity index (χ3v) is 33.9. The number of ether oxygens (including phenoxy) is 4. The molecule has 8 fully saturated rings. The number of hydrogen-bond acceptors (Lipinski definition) is 18. The highest BCUT2D eigenvalue weighted by molar-refractivity contribution is 5.75. The molecule has 122 heavy (non-hydrogen) atoms. The number of likely N-dealkylation sites (tertiary alicyclic amines) is 4. The predicted molar refractivity (Wildman–Crippen MR) is 457 cm³/mol. The Bertz CT molecular complexity index is 5870. The van der Waals surface area contributed by atoms with Crippen LogP contribution in [0.4, 0.5) is 41.9 Å². The third-order valence-electron chi connectivity index (χ3n) is 33.9. The van der Waals surface area contributed by atoms with Gasteiger partial charge in [-0.3, -0.25) is 0 Å². The number of fused-ring (bicyclic) bond motifs is 25. The van der Waals surface area contributed by atoms with E-state index < -0.39 is 22.2 Å². The molecule has 22 nitrogen and oxygen atoms in total. The van der Waals surface area contributed by atoms with Gasteiger partial charge in [-0.25, -0.2) is 19.2 Å². The van der Waals surface area contributed by atoms with Gasteiger partial charge in [0, 0.05) is 43.1 Å². The van der Waals surface area contributed by atoms with E-state index in [4.69, 9.17) is 70.1 Å². The van der Waals surface area contributed by atoms with Crippen molar-refractivity contribution in [2.24, 2.45) is 74.8 Å². The standard InChI is InChI=1S/C50H52N8O4.C50H52N6O4/c1-61-45(59)57-25-23-49(38-16-6-4-12-32(38)28-43(49)57)54-52-42-20-8-18-40-36(42)30-44-50(40,24-26-58(44)46(60)62-2)56-55-48-22-10-14-34(48)29-35-39(48)17-7-19-41(35)51-53-47-21-9-13-33(47)27-31-11-3-5-15-37(31)47;1-59-45(57)55-25-23-48(40-18-8-20-42(36(40)30-43(48)55)52-54-50-24-26-56(46(58)60-2)44(50)28-32-12-4-6-16-38(32)50)47-21-9-13-33(47)29-35-39(47)17-7-19-41(35)51-53-49-22-10-14-34(49)27-31-11-3-5-15-37(31)49/h3-8,11-12,15-20,33-34,43-44H,9-10,13-14,21-30H2,1-2H3;3-8,11-12,15-20,33-34,43-44H,9-10,13-14,21-30H2,1-2H3/t33-,34-,43-,44+,47+,48+,49-,50+;33-,34-,43+,44-,47+,48+,49+,50-/m00/s1. The van der Waals surface area contributed by atoms with E-state index in [1.807, 2.05) is 43.9 Å². The molecule has 8 aromatic carbocycles. The van der Waals surface area contributed by atoms with Crippen molar-refractivity contribution in [2.45, 2.75) is 222 Å². The van der Waals surface area contributed by atoms with Gasteiger partial charge in [-0.1, -0.05) is 171 Å². The number of carbonyl (C=O) groups excluding carboxylic acids is 4. The van der Waals surface area contributed by atoms with E-state index in [1.165, 1.54) is 121 Å². The summed E-state index contributed by atoms with van der Waals surface area (Å²) in [5.41, 5.74) is 20.1. The van der Waals surface area contributed by atoms with Crippen molar-refractivity contribution < 1.29 is 38.1 Å². The molecule has 12 aliphatic carbocycles. The Morgan fingerprint density at radius 1 is 0.270 bits per heavy atom. The van der Waals surface area contributed by atoms with Crippen molar-refractivity contribution in [1.82, 2.24) is 19.6 Å². The van der Waals surface area contributed by atoms with Crippen molar-refractivity contribution in [3.63, 3.8) is 0 Å². The van der Waals surface area contributed by atoms with Gasteiger partial charge < -0.3 is 38.5 Å². The maximum atomic E-state index is 13.8. The third kappa shape index (κ3) is 10.4. The van der Waals surface area contributed by atoms with Gasteiger partial charge in [-0.2, -0.15) is 51.1 Å². The highest BCUT2D eigenvalue weighted by Gasteiger charge is 2.71. The zero-order valence-electron chi connectivity index (χ0n) is 70.1. The van der Waals surface area contributed by atoms with Crippen LogP contribution in [0, 0.1) is 23.7 Å². The topological polar surface area (TPSA) is 242 Å². The van der Waals surface area contributed by atoms with E-state index in [9.17, 15) is 19.2 Å². The molecule has 22 heteroatoms. The van der Waals surface area contributed by atoms with Crippen LogP contribution in [0.3, 0.4) is 0 Å². The molecule has 0 N–H and O–H groups in total. The fourth-order valence-electron chi connectivity index (χ4n) is 28.9. The first kappa shape index (κ1) is 75.8. The summed E-state index contributed by atoms with van der Waals surface area (Å²) in [5.74, 6) is 1.75. The molecule has 622 valence electrons. The minimum Gasteiger partial charge on any atom is -0.453 e. The van der Waals surface area contributed by atoms with Crippen LogP contribution in [0.15, 0.2) is 221 Å². The highest BCUT2D eigenvalue weighted by atomic mass is 16.6. The van der Waals surface area contributed by atoms with Gasteiger partial charge in [0.05, 0.1) is 69.3 Å². The molecule has 0 aromatic heterocycles. The van der Waals surface area contributed by atoms with Gasteiger partial charge in [0.15, 0.2) is 0 Å². The molecular weight excluding hydrogens is 1530 g/mol. The van der Waals surface area contributed by atoms with Crippen LogP contribution >= 0.6 is 0 Å². The van der Waals surface area contributed by atoms with Crippen LogP contribution in [0.25, 0.3) is 0 Å². The molecule has 4 saturated carbocycles. The van der Waals surface area contributed by atoms with Gasteiger partial charge in [-0.05, 0) is 265 Å². The van der Waals surface area contributed by atoms with Crippen LogP contribution in [-0.2, 0) is 114 Å². The van der Waals surface area contributed by atoms with E-state index in [0.717, 1.165) is 135 Å². The monoisotopic (exact) mass is 1630 g/mol. The summed E-state index contributed by atoms with van der Waals surface area (Å²) in [7, 11) is 5.84. The second-order valence-electron chi connectivity index (χ2n) is 38.0. The van der Waals surface area contributed by atoms with Crippen LogP contribution in [0.2, 0.25) is 0 Å². The summed E-state index contributed by atoms with van der Waals surface area (Å²) in [6.45, 7) is 2.29. The number of benzene rings is 8. The Morgan fingerprint density at radius 2 is 0.566 bits per heavy atom. The van der Waals surface area contributed by atoms with Gasteiger partial charge in [0.2, 0.25) is 0 Å². The van der Waals surface area contributed by atoms with Gasteiger partial charge >= 0.3 is 24.4 Å². The lowest BCUT2D eigenvalue weighted by Gasteiger charge is -2.50. The van der Waals surface area contributed by atoms with Gasteiger partial charge in [0.1, 0.15) is 33.2 Å². The first-order valence-corrected chi connectivity index (χ1v) is 45.1. The summed E-state index contributed by atoms with van der Waals surface area (Å²) in [6, 6.07) is 59.9. The van der Waals surface area contributed by atoms with Crippen molar-refractivity contribution in [3.8, 4) is 0 Å². The fraction of sp³-hybridized carbons (Fsp3) is 0.480. The van der Waals surface area contributed by atoms with Crippen LogP contribution in [0.1, 0.15) is 192 Å². The van der Waals surface area contributed by atoms with Crippen LogP contribution in [-0.4, -0.2) is 123 Å². The average Bonchev–Trinajstić information content (AvgIpc) is 1.49. The lowest BCUT2D eigenvalue weighted by atomic mass is 9.53. The smallest absolute Gasteiger partial charge is 0.409 e. The van der Waals surface area contributed by atoms with E-state index in [2.05, 4.69) is 146 Å². The first-order valence-electron chi connectivity index (χ1n) is 45.1. The summed E-state index contributed by atoms with van der Waals surface area (Å²) in [6.07, 6.45) is 21.6. The lowest BCUT2D eigenvalue weighted by molar-refractivity contribution is 0.0923. The molecule has 0 bridgehead atoms. The second-order valence-corrected chi connectivity index (χ2v) is 38.0. The van der Waals surface area contributed by atoms with E-state index in [0.29, 0.717) is 88.4 Å². The van der Waals surface area contributed by atoms with E-state index in [-0.39, 0.29) is 70.4 Å². The van der Waals surface area contributed by atoms with Gasteiger partial charge in [-0.15, -0.1) is 0 Å². The van der Waals surface area contributed by atoms with E-state index in [1.54, 1.807) is 0 Å². The summed E-state index contributed by atoms with van der Waals surface area (Å²) < 4.78 is 21.3. The molecular formula is C100H104N14O8. The maximum Gasteiger partial charge on any atom is 0.409 e. The summed E-state index contributed by atoms with van der Waals surface area (Å²) in [5, 5.41) is 53.1. The quantitative estimate of drug-likeness (QED) is 0.0888. The first-order chi connectivity index (χ1) is 59.7. The van der Waals surface area contributed by atoms with E-state index >= 15 is 0 Å². The number of azo groups is 5. The maximum absolute atomic E-state index is 13.8. The molecule has 4 aliphatic heterocycles. The molecule has 8 aromatic rings. The number of rotatable bonds is 11. The van der Waals surface area contributed by atoms with Crippen molar-refractivity contribution in [3.05, 3.63) is 259 Å². The largest absolute Gasteiger partial charge is 0.453 e. The minimum atomic E-state index is -0.765. The van der Waals surface area contributed by atoms with Gasteiger partial charge in [0.25, 0.3) is 0 Å².